The molecule has 0 aromatic rings. The fraction of sp³-hybridized carbons (Fsp3) is 0.833. The minimum absolute atomic E-state index is 0.0210. The molecule has 5 heteroatoms. The zero-order chi connectivity index (χ0) is 13.3. The van der Waals surface area contributed by atoms with Crippen LogP contribution in [0.4, 0.5) is 0 Å². The average Bonchev–Trinajstić information content (AvgIpc) is 2.28. The van der Waals surface area contributed by atoms with E-state index in [2.05, 4.69) is 15.9 Å². The number of carbonyl (C=O) groups excluding carboxylic acids is 2. The van der Waals surface area contributed by atoms with Crippen LogP contribution in [0.15, 0.2) is 0 Å². The second kappa shape index (κ2) is 9.45. The summed E-state index contributed by atoms with van der Waals surface area (Å²) < 4.78 is 0. The Hall–Kier alpha value is -0.580. The summed E-state index contributed by atoms with van der Waals surface area (Å²) in [5, 5.41) is 0.921. The van der Waals surface area contributed by atoms with Gasteiger partial charge in [-0.15, -0.1) is 0 Å². The highest BCUT2D eigenvalue weighted by molar-refractivity contribution is 9.09. The van der Waals surface area contributed by atoms with Crippen LogP contribution in [0.1, 0.15) is 32.6 Å². The van der Waals surface area contributed by atoms with Gasteiger partial charge >= 0.3 is 0 Å². The van der Waals surface area contributed by atoms with Gasteiger partial charge in [-0.05, 0) is 19.3 Å². The number of halogens is 1. The van der Waals surface area contributed by atoms with Crippen LogP contribution in [0.25, 0.3) is 0 Å². The van der Waals surface area contributed by atoms with Gasteiger partial charge in [0.15, 0.2) is 0 Å². The zero-order valence-electron chi connectivity index (χ0n) is 11.0. The standard InChI is InChI=1S/C12H23BrN2O2/c1-4-9-15(10-12(17)14(2)3)11(16)7-5-6-8-13/h4-10H2,1-3H3. The molecule has 0 saturated carbocycles. The van der Waals surface area contributed by atoms with Gasteiger partial charge in [0.2, 0.25) is 11.8 Å². The summed E-state index contributed by atoms with van der Waals surface area (Å²) >= 11 is 3.34. The fourth-order valence-electron chi connectivity index (χ4n) is 1.40. The van der Waals surface area contributed by atoms with Crippen molar-refractivity contribution in [2.24, 2.45) is 0 Å². The van der Waals surface area contributed by atoms with E-state index in [4.69, 9.17) is 0 Å². The van der Waals surface area contributed by atoms with Crippen LogP contribution in [-0.2, 0) is 9.59 Å². The van der Waals surface area contributed by atoms with Gasteiger partial charge in [0.1, 0.15) is 0 Å². The van der Waals surface area contributed by atoms with Gasteiger partial charge in [0.05, 0.1) is 6.54 Å². The van der Waals surface area contributed by atoms with E-state index in [-0.39, 0.29) is 18.4 Å². The van der Waals surface area contributed by atoms with Crippen molar-refractivity contribution in [3.05, 3.63) is 0 Å². The second-order valence-electron chi connectivity index (χ2n) is 4.25. The van der Waals surface area contributed by atoms with Crippen molar-refractivity contribution >= 4 is 27.7 Å². The number of likely N-dealkylation sites (N-methyl/N-ethyl adjacent to an activating group) is 1. The van der Waals surface area contributed by atoms with Gasteiger partial charge in [0.25, 0.3) is 0 Å². The molecule has 0 saturated heterocycles. The maximum atomic E-state index is 11.9. The van der Waals surface area contributed by atoms with Crippen LogP contribution in [0.5, 0.6) is 0 Å². The average molecular weight is 307 g/mol. The lowest BCUT2D eigenvalue weighted by atomic mass is 10.2. The third kappa shape index (κ3) is 7.36. The molecule has 0 aromatic heterocycles. The Morgan fingerprint density at radius 1 is 1.12 bits per heavy atom. The molecular formula is C12H23BrN2O2. The molecule has 0 N–H and O–H groups in total. The third-order valence-electron chi connectivity index (χ3n) is 2.45. The molecule has 17 heavy (non-hydrogen) atoms. The summed E-state index contributed by atoms with van der Waals surface area (Å²) in [6.07, 6.45) is 3.28. The lowest BCUT2D eigenvalue weighted by Gasteiger charge is -2.23. The van der Waals surface area contributed by atoms with Crippen molar-refractivity contribution in [1.82, 2.24) is 9.80 Å². The van der Waals surface area contributed by atoms with E-state index in [1.54, 1.807) is 19.0 Å². The Labute approximate surface area is 112 Å². The van der Waals surface area contributed by atoms with Crippen LogP contribution < -0.4 is 0 Å². The van der Waals surface area contributed by atoms with Crippen LogP contribution in [-0.4, -0.2) is 54.1 Å². The SMILES string of the molecule is CCCN(CC(=O)N(C)C)C(=O)CCCCBr. The van der Waals surface area contributed by atoms with Gasteiger partial charge in [-0.3, -0.25) is 9.59 Å². The first-order valence-electron chi connectivity index (χ1n) is 6.06. The van der Waals surface area contributed by atoms with Crippen LogP contribution in [0.3, 0.4) is 0 Å². The van der Waals surface area contributed by atoms with Crippen LogP contribution >= 0.6 is 15.9 Å². The summed E-state index contributed by atoms with van der Waals surface area (Å²) in [4.78, 5) is 26.7. The van der Waals surface area contributed by atoms with E-state index in [0.717, 1.165) is 24.6 Å². The lowest BCUT2D eigenvalue weighted by Crippen LogP contribution is -2.40. The Balaban J connectivity index is 4.20. The minimum Gasteiger partial charge on any atom is -0.347 e. The fourth-order valence-corrected chi connectivity index (χ4v) is 1.79. The largest absolute Gasteiger partial charge is 0.347 e. The van der Waals surface area contributed by atoms with Crippen molar-refractivity contribution in [2.75, 3.05) is 32.5 Å². The first-order valence-corrected chi connectivity index (χ1v) is 7.19. The molecule has 0 aliphatic heterocycles. The molecule has 0 bridgehead atoms. The number of carbonyl (C=O) groups is 2. The van der Waals surface area contributed by atoms with E-state index in [9.17, 15) is 9.59 Å². The Morgan fingerprint density at radius 3 is 2.24 bits per heavy atom. The van der Waals surface area contributed by atoms with Crippen molar-refractivity contribution in [3.63, 3.8) is 0 Å². The van der Waals surface area contributed by atoms with E-state index < -0.39 is 0 Å². The third-order valence-corrected chi connectivity index (χ3v) is 3.01. The van der Waals surface area contributed by atoms with Gasteiger partial charge in [-0.2, -0.15) is 0 Å². The summed E-state index contributed by atoms with van der Waals surface area (Å²) in [5.74, 6) is 0.0651. The quantitative estimate of drug-likeness (QED) is 0.507. The second-order valence-corrected chi connectivity index (χ2v) is 5.04. The summed E-state index contributed by atoms with van der Waals surface area (Å²) in [7, 11) is 3.42. The van der Waals surface area contributed by atoms with Crippen molar-refractivity contribution < 1.29 is 9.59 Å². The predicted molar refractivity (Wildman–Crippen MR) is 73.2 cm³/mol. The molecule has 0 heterocycles. The molecule has 0 aliphatic carbocycles. The molecular weight excluding hydrogens is 284 g/mol. The number of nitrogens with zero attached hydrogens (tertiary/aromatic N) is 2. The molecule has 4 nitrogen and oxygen atoms in total. The monoisotopic (exact) mass is 306 g/mol. The Morgan fingerprint density at radius 2 is 1.76 bits per heavy atom. The van der Waals surface area contributed by atoms with Gasteiger partial charge in [-0.1, -0.05) is 22.9 Å². The maximum Gasteiger partial charge on any atom is 0.241 e. The van der Waals surface area contributed by atoms with Crippen LogP contribution in [0.2, 0.25) is 0 Å². The van der Waals surface area contributed by atoms with Gasteiger partial charge in [-0.25, -0.2) is 0 Å². The molecule has 0 rings (SSSR count). The van der Waals surface area contributed by atoms with Crippen molar-refractivity contribution in [2.45, 2.75) is 32.6 Å². The highest BCUT2D eigenvalue weighted by Gasteiger charge is 2.16. The van der Waals surface area contributed by atoms with E-state index in [1.165, 1.54) is 4.90 Å². The Bertz CT molecular complexity index is 245. The topological polar surface area (TPSA) is 40.6 Å². The molecule has 100 valence electrons. The normalized spacial score (nSPS) is 10.1. The molecule has 0 unspecified atom stereocenters. The molecule has 0 aromatic carbocycles. The number of alkyl halides is 1. The summed E-state index contributed by atoms with van der Waals surface area (Å²) in [5.41, 5.74) is 0. The number of unbranched alkanes of at least 4 members (excludes halogenated alkanes) is 1. The molecule has 0 spiro atoms. The zero-order valence-corrected chi connectivity index (χ0v) is 12.6. The molecule has 0 aliphatic rings. The first kappa shape index (κ1) is 16.4. The summed E-state index contributed by atoms with van der Waals surface area (Å²) in [6.45, 7) is 2.87. The highest BCUT2D eigenvalue weighted by Crippen LogP contribution is 2.04. The molecule has 0 atom stereocenters. The smallest absolute Gasteiger partial charge is 0.241 e. The van der Waals surface area contributed by atoms with Gasteiger partial charge < -0.3 is 9.80 Å². The first-order chi connectivity index (χ1) is 8.02. The number of hydrogen-bond acceptors (Lipinski definition) is 2. The van der Waals surface area contributed by atoms with E-state index in [0.29, 0.717) is 13.0 Å². The Kier molecular flexibility index (Phi) is 9.13. The number of amides is 2. The van der Waals surface area contributed by atoms with Crippen LogP contribution in [0, 0.1) is 0 Å². The molecule has 0 fully saturated rings. The number of hydrogen-bond donors (Lipinski definition) is 0. The van der Waals surface area contributed by atoms with Gasteiger partial charge in [0, 0.05) is 32.4 Å². The molecule has 0 radical (unpaired) electrons. The van der Waals surface area contributed by atoms with E-state index >= 15 is 0 Å². The highest BCUT2D eigenvalue weighted by atomic mass is 79.9. The summed E-state index contributed by atoms with van der Waals surface area (Å²) in [6, 6.07) is 0. The minimum atomic E-state index is -0.0210. The number of rotatable bonds is 8. The lowest BCUT2D eigenvalue weighted by molar-refractivity contribution is -0.139. The molecule has 2 amide bonds. The van der Waals surface area contributed by atoms with Crippen molar-refractivity contribution in [1.29, 1.82) is 0 Å². The maximum absolute atomic E-state index is 11.9. The predicted octanol–water partition coefficient (Wildman–Crippen LogP) is 1.88. The van der Waals surface area contributed by atoms with Crippen molar-refractivity contribution in [3.8, 4) is 0 Å². The van der Waals surface area contributed by atoms with E-state index in [1.807, 2.05) is 6.92 Å².